The Morgan fingerprint density at radius 3 is 2.37 bits per heavy atom. The average molecular weight is 516 g/mol. The fourth-order valence-corrected chi connectivity index (χ4v) is 4.46. The molecule has 11 nitrogen and oxygen atoms in total. The van der Waals surface area contributed by atoms with E-state index in [0.717, 1.165) is 17.7 Å². The van der Waals surface area contributed by atoms with Crippen molar-refractivity contribution in [2.24, 2.45) is 0 Å². The second kappa shape index (κ2) is 11.3. The summed E-state index contributed by atoms with van der Waals surface area (Å²) in [4.78, 5) is 21.5. The third-order valence-corrected chi connectivity index (χ3v) is 6.37. The Hall–Kier alpha value is -4.23. The maximum Gasteiger partial charge on any atom is 0.337 e. The number of benzene rings is 3. The maximum absolute atomic E-state index is 13.1. The van der Waals surface area contributed by atoms with Gasteiger partial charge in [-0.25, -0.2) is 13.2 Å². The summed E-state index contributed by atoms with van der Waals surface area (Å²) < 4.78 is 28.4. The minimum absolute atomic E-state index is 0.0388. The van der Waals surface area contributed by atoms with Crippen LogP contribution in [0.25, 0.3) is 0 Å². The van der Waals surface area contributed by atoms with Crippen LogP contribution >= 0.6 is 12.2 Å². The van der Waals surface area contributed by atoms with Crippen molar-refractivity contribution < 1.29 is 23.2 Å². The number of non-ortho nitro benzene ring substituents is 1. The number of anilines is 2. The van der Waals surface area contributed by atoms with Crippen LogP contribution in [-0.2, 0) is 16.4 Å². The van der Waals surface area contributed by atoms with E-state index in [1.54, 1.807) is 0 Å². The second-order valence-corrected chi connectivity index (χ2v) is 9.19. The van der Waals surface area contributed by atoms with Crippen LogP contribution in [0.2, 0.25) is 0 Å². The number of sulfonamides is 1. The molecular formula is C22H21N5O6S2. The molecule has 3 aromatic rings. The van der Waals surface area contributed by atoms with Gasteiger partial charge in [0.2, 0.25) is 0 Å². The van der Waals surface area contributed by atoms with Gasteiger partial charge in [-0.2, -0.15) is 0 Å². The van der Waals surface area contributed by atoms with Gasteiger partial charge in [0.15, 0.2) is 5.11 Å². The van der Waals surface area contributed by atoms with Crippen molar-refractivity contribution in [2.75, 3.05) is 16.7 Å². The van der Waals surface area contributed by atoms with Gasteiger partial charge in [-0.05, 0) is 42.4 Å². The number of thiocarbonyl (C=S) groups is 1. The molecule has 3 aromatic carbocycles. The first-order valence-electron chi connectivity index (χ1n) is 10.1. The van der Waals surface area contributed by atoms with Crippen molar-refractivity contribution in [3.63, 3.8) is 0 Å². The third-order valence-electron chi connectivity index (χ3n) is 4.72. The minimum atomic E-state index is -4.44. The lowest BCUT2D eigenvalue weighted by Crippen LogP contribution is -2.40. The number of rotatable bonds is 10. The largest absolute Gasteiger partial charge is 0.478 e. The molecule has 0 aliphatic rings. The number of para-hydroxylation sites is 1. The number of carboxylic acids is 1. The number of nitrogens with one attached hydrogen (secondary N) is 4. The quantitative estimate of drug-likeness (QED) is 0.154. The molecule has 0 heterocycles. The van der Waals surface area contributed by atoms with Crippen LogP contribution in [-0.4, -0.2) is 36.1 Å². The zero-order valence-corrected chi connectivity index (χ0v) is 19.7. The van der Waals surface area contributed by atoms with Crippen molar-refractivity contribution in [1.29, 1.82) is 0 Å². The molecule has 0 unspecified atom stereocenters. The van der Waals surface area contributed by atoms with Gasteiger partial charge in [-0.15, -0.1) is 0 Å². The van der Waals surface area contributed by atoms with Crippen molar-refractivity contribution >= 4 is 50.4 Å². The summed E-state index contributed by atoms with van der Waals surface area (Å²) in [5.41, 5.74) is 5.43. The summed E-state index contributed by atoms with van der Waals surface area (Å²) in [5, 5.41) is 23.7. The zero-order chi connectivity index (χ0) is 25.4. The predicted octanol–water partition coefficient (Wildman–Crippen LogP) is 3.13. The number of carboxylic acid groups (broad SMARTS) is 1. The molecule has 0 atom stereocenters. The fraction of sp³-hybridized carbons (Fsp3) is 0.0909. The van der Waals surface area contributed by atoms with Crippen molar-refractivity contribution in [1.82, 2.24) is 10.7 Å². The van der Waals surface area contributed by atoms with Gasteiger partial charge >= 0.3 is 5.97 Å². The molecule has 0 radical (unpaired) electrons. The van der Waals surface area contributed by atoms with Gasteiger partial charge in [-0.3, -0.25) is 25.7 Å². The number of aromatic carboxylic acids is 1. The lowest BCUT2D eigenvalue weighted by molar-refractivity contribution is -0.385. The summed E-state index contributed by atoms with van der Waals surface area (Å²) in [7, 11) is -4.44. The lowest BCUT2D eigenvalue weighted by Gasteiger charge is -2.17. The van der Waals surface area contributed by atoms with E-state index >= 15 is 0 Å². The Bertz CT molecular complexity index is 1350. The van der Waals surface area contributed by atoms with Gasteiger partial charge in [0.1, 0.15) is 4.90 Å². The summed E-state index contributed by atoms with van der Waals surface area (Å²) in [6.45, 7) is 0.510. The van der Waals surface area contributed by atoms with Crippen LogP contribution in [0, 0.1) is 10.1 Å². The highest BCUT2D eigenvalue weighted by atomic mass is 32.2. The number of nitro benzene ring substituents is 1. The van der Waals surface area contributed by atoms with Crippen LogP contribution in [0.3, 0.4) is 0 Å². The molecule has 0 amide bonds. The van der Waals surface area contributed by atoms with Crippen LogP contribution in [0.1, 0.15) is 15.9 Å². The number of nitrogens with zero attached hydrogens (tertiary/aromatic N) is 1. The molecule has 0 spiro atoms. The Morgan fingerprint density at radius 1 is 1.00 bits per heavy atom. The molecule has 0 bridgehead atoms. The third kappa shape index (κ3) is 6.88. The highest BCUT2D eigenvalue weighted by Crippen LogP contribution is 2.28. The van der Waals surface area contributed by atoms with E-state index in [-0.39, 0.29) is 22.1 Å². The number of hydrogen-bond acceptors (Lipinski definition) is 7. The van der Waals surface area contributed by atoms with Gasteiger partial charge in [0.05, 0.1) is 21.9 Å². The Kier molecular flexibility index (Phi) is 8.17. The second-order valence-electron chi connectivity index (χ2n) is 7.14. The van der Waals surface area contributed by atoms with Gasteiger partial charge in [-0.1, -0.05) is 42.5 Å². The topological polar surface area (TPSA) is 163 Å². The molecule has 0 fully saturated rings. The smallest absolute Gasteiger partial charge is 0.337 e. The normalized spacial score (nSPS) is 10.7. The predicted molar refractivity (Wildman–Crippen MR) is 135 cm³/mol. The first-order chi connectivity index (χ1) is 16.7. The van der Waals surface area contributed by atoms with E-state index in [0.29, 0.717) is 13.0 Å². The first kappa shape index (κ1) is 25.4. The molecule has 13 heteroatoms. The number of nitro groups is 1. The Balaban J connectivity index is 1.77. The summed E-state index contributed by atoms with van der Waals surface area (Å²) >= 11 is 5.20. The lowest BCUT2D eigenvalue weighted by atomic mass is 10.1. The molecule has 182 valence electrons. The molecule has 0 aromatic heterocycles. The van der Waals surface area contributed by atoms with Crippen LogP contribution in [0.4, 0.5) is 17.1 Å². The first-order valence-corrected chi connectivity index (χ1v) is 12.0. The highest BCUT2D eigenvalue weighted by Gasteiger charge is 2.24. The van der Waals surface area contributed by atoms with Gasteiger partial charge in [0, 0.05) is 18.7 Å². The minimum Gasteiger partial charge on any atom is -0.478 e. The van der Waals surface area contributed by atoms with Crippen molar-refractivity contribution in [2.45, 2.75) is 11.3 Å². The SMILES string of the molecule is O=C(O)c1ccccc1NS(=O)(=O)c1cc([N+](=O)[O-])ccc1NNC(=S)NCCc1ccccc1. The molecule has 0 aliphatic heterocycles. The standard InChI is InChI=1S/C22H21N5O6S2/c28-21(29)17-8-4-5-9-18(17)26-35(32,33)20-14-16(27(30)31)10-11-19(20)24-25-22(34)23-13-12-15-6-2-1-3-7-15/h1-11,14,24,26H,12-13H2,(H,28,29)(H2,23,25,34). The molecule has 3 rings (SSSR count). The van der Waals surface area contributed by atoms with Crippen LogP contribution in [0.15, 0.2) is 77.7 Å². The zero-order valence-electron chi connectivity index (χ0n) is 18.1. The fourth-order valence-electron chi connectivity index (χ4n) is 3.04. The van der Waals surface area contributed by atoms with E-state index in [2.05, 4.69) is 20.9 Å². The van der Waals surface area contributed by atoms with Gasteiger partial charge in [0.25, 0.3) is 15.7 Å². The Labute approximate surface area is 206 Å². The van der Waals surface area contributed by atoms with Crippen molar-refractivity contribution in [3.05, 3.63) is 94.0 Å². The summed E-state index contributed by atoms with van der Waals surface area (Å²) in [6, 6.07) is 18.3. The van der Waals surface area contributed by atoms with E-state index < -0.39 is 31.5 Å². The molecule has 0 aliphatic carbocycles. The van der Waals surface area contributed by atoms with E-state index in [1.165, 1.54) is 30.3 Å². The number of hydrazine groups is 1. The summed E-state index contributed by atoms with van der Waals surface area (Å²) in [5.74, 6) is -1.34. The van der Waals surface area contributed by atoms with Gasteiger partial charge < -0.3 is 10.4 Å². The maximum atomic E-state index is 13.1. The average Bonchev–Trinajstić information content (AvgIpc) is 2.83. The molecule has 5 N–H and O–H groups in total. The Morgan fingerprint density at radius 2 is 1.69 bits per heavy atom. The molecule has 0 saturated carbocycles. The van der Waals surface area contributed by atoms with Crippen LogP contribution < -0.4 is 20.9 Å². The van der Waals surface area contributed by atoms with Crippen LogP contribution in [0.5, 0.6) is 0 Å². The number of hydrogen-bond donors (Lipinski definition) is 5. The molecule has 35 heavy (non-hydrogen) atoms. The molecule has 0 saturated heterocycles. The van der Waals surface area contributed by atoms with Crippen molar-refractivity contribution in [3.8, 4) is 0 Å². The number of carbonyl (C=O) groups is 1. The van der Waals surface area contributed by atoms with E-state index in [1.807, 2.05) is 30.3 Å². The summed E-state index contributed by atoms with van der Waals surface area (Å²) in [6.07, 6.45) is 0.701. The highest BCUT2D eigenvalue weighted by molar-refractivity contribution is 7.93. The van der Waals surface area contributed by atoms with E-state index in [4.69, 9.17) is 12.2 Å². The van der Waals surface area contributed by atoms with E-state index in [9.17, 15) is 28.4 Å². The molecular weight excluding hydrogens is 494 g/mol. The monoisotopic (exact) mass is 515 g/mol.